The highest BCUT2D eigenvalue weighted by molar-refractivity contribution is 5.80. The van der Waals surface area contributed by atoms with Gasteiger partial charge in [0.15, 0.2) is 0 Å². The summed E-state index contributed by atoms with van der Waals surface area (Å²) in [7, 11) is 0. The van der Waals surface area contributed by atoms with Gasteiger partial charge in [-0.15, -0.1) is 0 Å². The summed E-state index contributed by atoms with van der Waals surface area (Å²) in [5, 5.41) is 21.0. The van der Waals surface area contributed by atoms with Gasteiger partial charge in [0.1, 0.15) is 11.8 Å². The SMILES string of the molecule is O=C(CCCCCCC(=O)NO)Cc1cncc(CN[C@@H](Cc2ccccc2)C(=O)O)c1. The lowest BCUT2D eigenvalue weighted by Gasteiger charge is -2.15. The van der Waals surface area contributed by atoms with E-state index in [0.717, 1.165) is 36.0 Å². The molecule has 1 heterocycles. The molecule has 8 nitrogen and oxygen atoms in total. The smallest absolute Gasteiger partial charge is 0.321 e. The number of carboxylic acids is 1. The zero-order valence-corrected chi connectivity index (χ0v) is 18.1. The number of pyridine rings is 1. The third-order valence-corrected chi connectivity index (χ3v) is 5.12. The second-order valence-electron chi connectivity index (χ2n) is 7.83. The lowest BCUT2D eigenvalue weighted by molar-refractivity contribution is -0.139. The van der Waals surface area contributed by atoms with Crippen molar-refractivity contribution in [2.75, 3.05) is 0 Å². The molecule has 1 aromatic carbocycles. The molecule has 0 spiro atoms. The number of carboxylic acid groups (broad SMARTS) is 1. The number of carbonyl (C=O) groups excluding carboxylic acids is 2. The molecule has 0 saturated carbocycles. The second kappa shape index (κ2) is 14.1. The lowest BCUT2D eigenvalue weighted by atomic mass is 10.0. The van der Waals surface area contributed by atoms with E-state index in [4.69, 9.17) is 5.21 Å². The molecule has 4 N–H and O–H groups in total. The summed E-state index contributed by atoms with van der Waals surface area (Å²) in [6.07, 6.45) is 7.87. The van der Waals surface area contributed by atoms with E-state index in [1.807, 2.05) is 36.4 Å². The summed E-state index contributed by atoms with van der Waals surface area (Å²) in [6, 6.07) is 10.6. The Bertz CT molecular complexity index is 873. The number of hydrogen-bond donors (Lipinski definition) is 4. The minimum Gasteiger partial charge on any atom is -0.480 e. The van der Waals surface area contributed by atoms with Gasteiger partial charge in [-0.1, -0.05) is 49.2 Å². The van der Waals surface area contributed by atoms with Crippen LogP contribution in [0.5, 0.6) is 0 Å². The topological polar surface area (TPSA) is 129 Å². The Morgan fingerprint density at radius 2 is 1.59 bits per heavy atom. The maximum Gasteiger partial charge on any atom is 0.321 e. The summed E-state index contributed by atoms with van der Waals surface area (Å²) in [5.74, 6) is -1.18. The maximum absolute atomic E-state index is 12.3. The van der Waals surface area contributed by atoms with E-state index < -0.39 is 17.9 Å². The molecule has 8 heteroatoms. The Balaban J connectivity index is 1.75. The van der Waals surface area contributed by atoms with Crippen LogP contribution in [0.1, 0.15) is 55.2 Å². The Morgan fingerprint density at radius 3 is 2.28 bits per heavy atom. The van der Waals surface area contributed by atoms with Crippen LogP contribution in [0.4, 0.5) is 0 Å². The predicted octanol–water partition coefficient (Wildman–Crippen LogP) is 2.82. The third-order valence-electron chi connectivity index (χ3n) is 5.12. The fraction of sp³-hybridized carbons (Fsp3) is 0.417. The van der Waals surface area contributed by atoms with Gasteiger partial charge in [0.25, 0.3) is 0 Å². The Hall–Kier alpha value is -3.10. The molecule has 0 fully saturated rings. The molecule has 1 amide bonds. The van der Waals surface area contributed by atoms with E-state index in [1.165, 1.54) is 0 Å². The van der Waals surface area contributed by atoms with Crippen molar-refractivity contribution in [1.29, 1.82) is 0 Å². The number of nitrogens with zero attached hydrogens (tertiary/aromatic N) is 1. The number of benzene rings is 1. The van der Waals surface area contributed by atoms with Crippen molar-refractivity contribution < 1.29 is 24.7 Å². The number of hydroxylamine groups is 1. The van der Waals surface area contributed by atoms with Gasteiger partial charge >= 0.3 is 5.97 Å². The molecule has 172 valence electrons. The summed E-state index contributed by atoms with van der Waals surface area (Å²) < 4.78 is 0. The number of carbonyl (C=O) groups is 3. The van der Waals surface area contributed by atoms with E-state index in [9.17, 15) is 19.5 Å². The highest BCUT2D eigenvalue weighted by Gasteiger charge is 2.17. The number of unbranched alkanes of at least 4 members (excludes halogenated alkanes) is 3. The first-order valence-electron chi connectivity index (χ1n) is 10.9. The summed E-state index contributed by atoms with van der Waals surface area (Å²) >= 11 is 0. The van der Waals surface area contributed by atoms with Crippen LogP contribution in [0.2, 0.25) is 0 Å². The monoisotopic (exact) mass is 441 g/mol. The average Bonchev–Trinajstić information content (AvgIpc) is 2.79. The highest BCUT2D eigenvalue weighted by atomic mass is 16.5. The lowest BCUT2D eigenvalue weighted by Crippen LogP contribution is -2.38. The molecule has 0 unspecified atom stereocenters. The number of Topliss-reactive ketones (excluding diaryl/α,β-unsaturated/α-hetero) is 1. The van der Waals surface area contributed by atoms with Crippen LogP contribution < -0.4 is 10.8 Å². The van der Waals surface area contributed by atoms with Crippen LogP contribution in [-0.4, -0.2) is 39.0 Å². The second-order valence-corrected chi connectivity index (χ2v) is 7.83. The standard InChI is InChI=1S/C24H31N3O5/c28-21(10-6-1-2-7-11-23(29)27-32)13-19-12-20(16-25-15-19)17-26-22(24(30)31)14-18-8-4-3-5-9-18/h3-5,8-9,12,15-16,22,26,32H,1-2,6-7,10-11,13-14,17H2,(H,27,29)(H,30,31)/t22-/m0/s1. The van der Waals surface area contributed by atoms with Gasteiger partial charge in [-0.2, -0.15) is 0 Å². The van der Waals surface area contributed by atoms with E-state index in [0.29, 0.717) is 32.2 Å². The number of hydrogen-bond acceptors (Lipinski definition) is 6. The van der Waals surface area contributed by atoms with Crippen LogP contribution in [0.15, 0.2) is 48.8 Å². The molecule has 0 bridgehead atoms. The van der Waals surface area contributed by atoms with Gasteiger partial charge < -0.3 is 5.11 Å². The van der Waals surface area contributed by atoms with Gasteiger partial charge in [0, 0.05) is 38.2 Å². The zero-order chi connectivity index (χ0) is 23.2. The summed E-state index contributed by atoms with van der Waals surface area (Å²) in [4.78, 5) is 39.0. The van der Waals surface area contributed by atoms with Crippen molar-refractivity contribution in [2.45, 2.75) is 64.0 Å². The molecule has 0 radical (unpaired) electrons. The fourth-order valence-corrected chi connectivity index (χ4v) is 3.41. The molecule has 1 atom stereocenters. The largest absolute Gasteiger partial charge is 0.480 e. The Kier molecular flexibility index (Phi) is 11.1. The van der Waals surface area contributed by atoms with Crippen LogP contribution >= 0.6 is 0 Å². The zero-order valence-electron chi connectivity index (χ0n) is 18.1. The van der Waals surface area contributed by atoms with E-state index in [1.54, 1.807) is 17.9 Å². The quantitative estimate of drug-likeness (QED) is 0.190. The van der Waals surface area contributed by atoms with E-state index >= 15 is 0 Å². The van der Waals surface area contributed by atoms with Gasteiger partial charge in [-0.3, -0.25) is 29.9 Å². The maximum atomic E-state index is 12.3. The third kappa shape index (κ3) is 9.80. The first-order chi connectivity index (χ1) is 15.5. The van der Waals surface area contributed by atoms with Crippen molar-refractivity contribution in [3.8, 4) is 0 Å². The molecule has 0 saturated heterocycles. The van der Waals surface area contributed by atoms with Crippen molar-refractivity contribution in [1.82, 2.24) is 15.8 Å². The Morgan fingerprint density at radius 1 is 0.906 bits per heavy atom. The number of aliphatic carboxylic acids is 1. The molecular formula is C24H31N3O5. The first-order valence-corrected chi connectivity index (χ1v) is 10.9. The minimum atomic E-state index is -0.912. The summed E-state index contributed by atoms with van der Waals surface area (Å²) in [6.45, 7) is 0.347. The molecule has 0 aliphatic rings. The van der Waals surface area contributed by atoms with E-state index in [2.05, 4.69) is 10.3 Å². The fourth-order valence-electron chi connectivity index (χ4n) is 3.41. The van der Waals surface area contributed by atoms with Crippen LogP contribution in [-0.2, 0) is 33.8 Å². The normalized spacial score (nSPS) is 11.7. The first kappa shape index (κ1) is 25.2. The molecule has 2 rings (SSSR count). The van der Waals surface area contributed by atoms with Crippen molar-refractivity contribution in [3.63, 3.8) is 0 Å². The Labute approximate surface area is 188 Å². The number of aromatic nitrogens is 1. The van der Waals surface area contributed by atoms with Crippen molar-refractivity contribution in [3.05, 3.63) is 65.5 Å². The molecule has 1 aromatic heterocycles. The van der Waals surface area contributed by atoms with Crippen molar-refractivity contribution in [2.24, 2.45) is 0 Å². The van der Waals surface area contributed by atoms with Crippen LogP contribution in [0.3, 0.4) is 0 Å². The average molecular weight is 442 g/mol. The summed E-state index contributed by atoms with van der Waals surface area (Å²) in [5.41, 5.74) is 4.19. The van der Waals surface area contributed by atoms with Crippen LogP contribution in [0, 0.1) is 0 Å². The minimum absolute atomic E-state index is 0.123. The van der Waals surface area contributed by atoms with Gasteiger partial charge in [0.05, 0.1) is 0 Å². The van der Waals surface area contributed by atoms with Crippen molar-refractivity contribution >= 4 is 17.7 Å². The van der Waals surface area contributed by atoms with E-state index in [-0.39, 0.29) is 12.2 Å². The van der Waals surface area contributed by atoms with Crippen LogP contribution in [0.25, 0.3) is 0 Å². The number of amides is 1. The number of ketones is 1. The molecule has 32 heavy (non-hydrogen) atoms. The number of nitrogens with one attached hydrogen (secondary N) is 2. The predicted molar refractivity (Wildman–Crippen MR) is 119 cm³/mol. The molecule has 2 aromatic rings. The molecular weight excluding hydrogens is 410 g/mol. The highest BCUT2D eigenvalue weighted by Crippen LogP contribution is 2.10. The number of rotatable bonds is 15. The van der Waals surface area contributed by atoms with Gasteiger partial charge in [-0.25, -0.2) is 5.48 Å². The van der Waals surface area contributed by atoms with Gasteiger partial charge in [0.2, 0.25) is 5.91 Å². The molecule has 0 aliphatic heterocycles. The molecule has 0 aliphatic carbocycles. The van der Waals surface area contributed by atoms with Gasteiger partial charge in [-0.05, 0) is 36.0 Å².